The van der Waals surface area contributed by atoms with Gasteiger partial charge in [0.05, 0.1) is 5.75 Å². The van der Waals surface area contributed by atoms with Crippen LogP contribution in [0.3, 0.4) is 0 Å². The Morgan fingerprint density at radius 2 is 1.30 bits per heavy atom. The molecule has 4 saturated carbocycles. The fourth-order valence-corrected chi connectivity index (χ4v) is 12.7. The first-order valence-corrected chi connectivity index (χ1v) is 24.4. The second kappa shape index (κ2) is 22.0. The number of hydrogen-bond donors (Lipinski definition) is 2. The standard InChI is InChI=1S/C45H81NO6S/c1-5-6-7-8-9-10-11-12-13-14-15-16-17-18-19-20-21-43(48)52-37-28-30-44(3)36(34-37)23-24-38-40-26-25-39(45(40,4)31-29-41(38)44)35(2)22-27-42(47)46-32-33-53(49,50)51/h35-41H,5-34H2,1-4H3,(H,46,47)(H,49,50,51). The van der Waals surface area contributed by atoms with Crippen molar-refractivity contribution >= 4 is 22.0 Å². The molecule has 0 radical (unpaired) electrons. The Balaban J connectivity index is 1.08. The topological polar surface area (TPSA) is 110 Å². The molecule has 2 N–H and O–H groups in total. The molecule has 0 spiro atoms. The number of ether oxygens (including phenoxy) is 1. The van der Waals surface area contributed by atoms with Gasteiger partial charge in [0.25, 0.3) is 10.1 Å². The van der Waals surface area contributed by atoms with Crippen LogP contribution in [0.5, 0.6) is 0 Å². The van der Waals surface area contributed by atoms with Gasteiger partial charge in [-0.15, -0.1) is 0 Å². The lowest BCUT2D eigenvalue weighted by Gasteiger charge is -2.61. The molecule has 1 amide bonds. The van der Waals surface area contributed by atoms with E-state index < -0.39 is 15.9 Å². The summed E-state index contributed by atoms with van der Waals surface area (Å²) in [5.41, 5.74) is 0.676. The van der Waals surface area contributed by atoms with Gasteiger partial charge in [-0.1, -0.05) is 124 Å². The Hall–Kier alpha value is -1.15. The fraction of sp³-hybridized carbons (Fsp3) is 0.956. The zero-order valence-electron chi connectivity index (χ0n) is 34.7. The maximum atomic E-state index is 12.9. The van der Waals surface area contributed by atoms with Crippen LogP contribution < -0.4 is 5.32 Å². The summed E-state index contributed by atoms with van der Waals surface area (Å²) >= 11 is 0. The second-order valence-corrected chi connectivity index (χ2v) is 20.5. The third kappa shape index (κ3) is 13.5. The second-order valence-electron chi connectivity index (χ2n) is 19.0. The minimum Gasteiger partial charge on any atom is -0.462 e. The van der Waals surface area contributed by atoms with Crippen LogP contribution in [0.4, 0.5) is 0 Å². The van der Waals surface area contributed by atoms with Gasteiger partial charge in [-0.3, -0.25) is 14.1 Å². The number of amides is 1. The molecule has 4 fully saturated rings. The van der Waals surface area contributed by atoms with Crippen LogP contribution in [0.15, 0.2) is 0 Å². The van der Waals surface area contributed by atoms with Gasteiger partial charge in [-0.25, -0.2) is 0 Å². The zero-order valence-corrected chi connectivity index (χ0v) is 35.5. The first-order chi connectivity index (χ1) is 25.4. The van der Waals surface area contributed by atoms with Crippen molar-refractivity contribution in [3.05, 3.63) is 0 Å². The molecule has 4 aliphatic rings. The summed E-state index contributed by atoms with van der Waals surface area (Å²) in [6.45, 7) is 9.70. The number of unbranched alkanes of at least 4 members (excludes halogenated alkanes) is 15. The average molecular weight is 764 g/mol. The van der Waals surface area contributed by atoms with Crippen molar-refractivity contribution in [2.24, 2.45) is 46.3 Å². The maximum Gasteiger partial charge on any atom is 0.306 e. The predicted molar refractivity (Wildman–Crippen MR) is 217 cm³/mol. The van der Waals surface area contributed by atoms with Crippen LogP contribution in [0, 0.1) is 46.3 Å². The van der Waals surface area contributed by atoms with Crippen molar-refractivity contribution in [1.82, 2.24) is 5.32 Å². The molecule has 0 aliphatic heterocycles. The Labute approximate surface area is 325 Å². The van der Waals surface area contributed by atoms with Crippen molar-refractivity contribution in [3.8, 4) is 0 Å². The van der Waals surface area contributed by atoms with E-state index in [0.29, 0.717) is 41.4 Å². The molecule has 8 heteroatoms. The summed E-state index contributed by atoms with van der Waals surface area (Å²) in [6.07, 6.45) is 34.3. The van der Waals surface area contributed by atoms with Crippen molar-refractivity contribution in [2.45, 2.75) is 214 Å². The van der Waals surface area contributed by atoms with E-state index in [2.05, 4.69) is 33.0 Å². The monoisotopic (exact) mass is 764 g/mol. The molecule has 0 bridgehead atoms. The quantitative estimate of drug-likeness (QED) is 0.0544. The number of carbonyl (C=O) groups excluding carboxylic acids is 2. The predicted octanol–water partition coefficient (Wildman–Crippen LogP) is 11.6. The average Bonchev–Trinajstić information content (AvgIpc) is 3.47. The minimum atomic E-state index is -4.06. The van der Waals surface area contributed by atoms with E-state index >= 15 is 0 Å². The third-order valence-corrected chi connectivity index (χ3v) is 16.1. The van der Waals surface area contributed by atoms with Crippen molar-refractivity contribution < 1.29 is 27.3 Å². The van der Waals surface area contributed by atoms with Crippen LogP contribution in [0.25, 0.3) is 0 Å². The molecule has 0 saturated heterocycles. The van der Waals surface area contributed by atoms with Crippen LogP contribution >= 0.6 is 0 Å². The van der Waals surface area contributed by atoms with Gasteiger partial charge >= 0.3 is 5.97 Å². The largest absolute Gasteiger partial charge is 0.462 e. The minimum absolute atomic E-state index is 0.0350. The van der Waals surface area contributed by atoms with Gasteiger partial charge in [0.1, 0.15) is 6.10 Å². The molecule has 53 heavy (non-hydrogen) atoms. The molecule has 9 atom stereocenters. The molecule has 0 aromatic heterocycles. The molecule has 4 rings (SSSR count). The maximum absolute atomic E-state index is 12.9. The van der Waals surface area contributed by atoms with E-state index in [1.165, 1.54) is 135 Å². The third-order valence-electron chi connectivity index (χ3n) is 15.4. The number of fused-ring (bicyclic) bond motifs is 5. The first-order valence-electron chi connectivity index (χ1n) is 22.8. The highest BCUT2D eigenvalue weighted by Crippen LogP contribution is 2.68. The van der Waals surface area contributed by atoms with E-state index in [9.17, 15) is 18.0 Å². The number of nitrogens with one attached hydrogen (secondary N) is 1. The Bertz CT molecular complexity index is 1210. The van der Waals surface area contributed by atoms with E-state index in [0.717, 1.165) is 49.9 Å². The van der Waals surface area contributed by atoms with Gasteiger partial charge in [0, 0.05) is 19.4 Å². The molecular formula is C45H81NO6S. The van der Waals surface area contributed by atoms with Gasteiger partial charge in [-0.05, 0) is 117 Å². The number of rotatable bonds is 25. The lowest BCUT2D eigenvalue weighted by molar-refractivity contribution is -0.162. The summed E-state index contributed by atoms with van der Waals surface area (Å²) in [5, 5.41) is 2.66. The summed E-state index contributed by atoms with van der Waals surface area (Å²) < 4.78 is 37.0. The fourth-order valence-electron chi connectivity index (χ4n) is 12.3. The van der Waals surface area contributed by atoms with Gasteiger partial charge in [0.2, 0.25) is 5.91 Å². The molecule has 0 aromatic rings. The lowest BCUT2D eigenvalue weighted by atomic mass is 9.44. The van der Waals surface area contributed by atoms with Crippen molar-refractivity contribution in [1.29, 1.82) is 0 Å². The molecule has 308 valence electrons. The first kappa shape index (κ1) is 44.6. The molecular weight excluding hydrogens is 683 g/mol. The summed E-state index contributed by atoms with van der Waals surface area (Å²) in [5.74, 6) is 3.50. The highest BCUT2D eigenvalue weighted by atomic mass is 32.2. The molecule has 0 heterocycles. The summed E-state index contributed by atoms with van der Waals surface area (Å²) in [6, 6.07) is 0. The van der Waals surface area contributed by atoms with Crippen LogP contribution in [-0.2, 0) is 24.4 Å². The number of carbonyl (C=O) groups is 2. The number of esters is 1. The van der Waals surface area contributed by atoms with Gasteiger partial charge < -0.3 is 10.1 Å². The van der Waals surface area contributed by atoms with Crippen molar-refractivity contribution in [3.63, 3.8) is 0 Å². The summed E-state index contributed by atoms with van der Waals surface area (Å²) in [7, 11) is -4.06. The Morgan fingerprint density at radius 1 is 0.736 bits per heavy atom. The van der Waals surface area contributed by atoms with E-state index in [1.54, 1.807) is 0 Å². The molecule has 9 unspecified atom stereocenters. The van der Waals surface area contributed by atoms with Gasteiger partial charge in [-0.2, -0.15) is 8.42 Å². The summed E-state index contributed by atoms with van der Waals surface area (Å²) in [4.78, 5) is 25.3. The van der Waals surface area contributed by atoms with E-state index in [1.807, 2.05) is 0 Å². The van der Waals surface area contributed by atoms with E-state index in [-0.39, 0.29) is 24.5 Å². The highest BCUT2D eigenvalue weighted by molar-refractivity contribution is 7.85. The number of hydrogen-bond acceptors (Lipinski definition) is 5. The van der Waals surface area contributed by atoms with Gasteiger partial charge in [0.15, 0.2) is 0 Å². The molecule has 0 aromatic carbocycles. The smallest absolute Gasteiger partial charge is 0.306 e. The Morgan fingerprint density at radius 3 is 1.91 bits per heavy atom. The normalized spacial score (nSPS) is 31.6. The van der Waals surface area contributed by atoms with Crippen LogP contribution in [0.1, 0.15) is 207 Å². The lowest BCUT2D eigenvalue weighted by Crippen LogP contribution is -2.54. The van der Waals surface area contributed by atoms with Crippen LogP contribution in [-0.4, -0.2) is 43.2 Å². The van der Waals surface area contributed by atoms with Crippen LogP contribution in [0.2, 0.25) is 0 Å². The highest BCUT2D eigenvalue weighted by Gasteiger charge is 2.60. The van der Waals surface area contributed by atoms with E-state index in [4.69, 9.17) is 9.29 Å². The van der Waals surface area contributed by atoms with Crippen molar-refractivity contribution in [2.75, 3.05) is 12.3 Å². The molecule has 4 aliphatic carbocycles. The zero-order chi connectivity index (χ0) is 38.3. The SMILES string of the molecule is CCCCCCCCCCCCCCCCCCC(=O)OC1CCC2(C)C(CCC3C2CCC2(C)C(C(C)CCC(=O)NCCS(=O)(=O)O)CCC32)C1. The molecule has 7 nitrogen and oxygen atoms in total. The Kier molecular flexibility index (Phi) is 18.5.